The van der Waals surface area contributed by atoms with Crippen LogP contribution in [0.15, 0.2) is 74.0 Å². The number of nitrogens with zero attached hydrogens (tertiary/aromatic N) is 3. The van der Waals surface area contributed by atoms with Crippen LogP contribution in [-0.4, -0.2) is 37.3 Å². The van der Waals surface area contributed by atoms with Gasteiger partial charge >= 0.3 is 5.97 Å². The summed E-state index contributed by atoms with van der Waals surface area (Å²) in [7, 11) is 1.59. The van der Waals surface area contributed by atoms with E-state index in [4.69, 9.17) is 13.9 Å². The van der Waals surface area contributed by atoms with Gasteiger partial charge in [-0.25, -0.2) is 9.79 Å². The van der Waals surface area contributed by atoms with Crippen LogP contribution < -0.4 is 24.5 Å². The van der Waals surface area contributed by atoms with Gasteiger partial charge in [-0.2, -0.15) is 0 Å². The molecule has 2 aromatic carbocycles. The minimum Gasteiger partial charge on any atom is -0.496 e. The predicted molar refractivity (Wildman–Crippen MR) is 153 cm³/mol. The number of thiazole rings is 1. The molecule has 0 spiro atoms. The summed E-state index contributed by atoms with van der Waals surface area (Å²) >= 11 is 1.26. The Morgan fingerprint density at radius 3 is 2.62 bits per heavy atom. The van der Waals surface area contributed by atoms with E-state index in [1.807, 2.05) is 48.5 Å². The highest BCUT2D eigenvalue weighted by Gasteiger charge is 2.36. The van der Waals surface area contributed by atoms with Gasteiger partial charge in [-0.05, 0) is 50.6 Å². The molecule has 39 heavy (non-hydrogen) atoms. The summed E-state index contributed by atoms with van der Waals surface area (Å²) in [5.74, 6) is 1.38. The first-order chi connectivity index (χ1) is 18.9. The number of methoxy groups -OCH3 is 1. The van der Waals surface area contributed by atoms with Crippen LogP contribution in [0, 0.1) is 0 Å². The van der Waals surface area contributed by atoms with Crippen LogP contribution in [0.3, 0.4) is 0 Å². The molecular formula is C30H31N3O5S. The molecule has 0 radical (unpaired) electrons. The van der Waals surface area contributed by atoms with E-state index in [1.165, 1.54) is 11.3 Å². The standard InChI is InChI=1S/C30H31N3O5S/c1-6-32(7-2)24-16-14-20(38-24)17-23-28(34)33-27(25(29(35)37-8-3)18(4)31-30(33)39-23)26-21-12-10-9-11-19(21)13-15-22(26)36-5/h9-17,27H,6-8H2,1-5H3/b23-17+/t27-/m0/s1. The van der Waals surface area contributed by atoms with Crippen LogP contribution in [0.4, 0.5) is 5.88 Å². The number of carbonyl (C=O) groups excluding carboxylic acids is 1. The van der Waals surface area contributed by atoms with E-state index in [0.29, 0.717) is 37.7 Å². The Morgan fingerprint density at radius 1 is 1.13 bits per heavy atom. The number of aromatic nitrogens is 1. The van der Waals surface area contributed by atoms with Gasteiger partial charge in [0, 0.05) is 30.8 Å². The molecule has 202 valence electrons. The fourth-order valence-electron chi connectivity index (χ4n) is 5.05. The lowest BCUT2D eigenvalue weighted by atomic mass is 9.90. The van der Waals surface area contributed by atoms with E-state index in [-0.39, 0.29) is 12.2 Å². The zero-order valence-electron chi connectivity index (χ0n) is 22.7. The fraction of sp³-hybridized carbons (Fsp3) is 0.300. The summed E-state index contributed by atoms with van der Waals surface area (Å²) < 4.78 is 19.3. The maximum absolute atomic E-state index is 14.0. The van der Waals surface area contributed by atoms with Gasteiger partial charge < -0.3 is 18.8 Å². The summed E-state index contributed by atoms with van der Waals surface area (Å²) in [6.07, 6.45) is 1.73. The second kappa shape index (κ2) is 10.9. The Labute approximate surface area is 230 Å². The van der Waals surface area contributed by atoms with Crippen LogP contribution in [0.25, 0.3) is 16.8 Å². The smallest absolute Gasteiger partial charge is 0.338 e. The topological polar surface area (TPSA) is 86.3 Å². The van der Waals surface area contributed by atoms with Crippen LogP contribution >= 0.6 is 11.3 Å². The van der Waals surface area contributed by atoms with Crippen molar-refractivity contribution in [3.63, 3.8) is 0 Å². The second-order valence-corrected chi connectivity index (χ2v) is 10.1. The first-order valence-corrected chi connectivity index (χ1v) is 13.8. The van der Waals surface area contributed by atoms with E-state index in [1.54, 1.807) is 31.6 Å². The number of fused-ring (bicyclic) bond motifs is 2. The molecule has 1 aliphatic heterocycles. The van der Waals surface area contributed by atoms with E-state index in [0.717, 1.165) is 29.7 Å². The number of carbonyl (C=O) groups is 1. The number of esters is 1. The van der Waals surface area contributed by atoms with Crippen molar-refractivity contribution in [2.45, 2.75) is 33.7 Å². The van der Waals surface area contributed by atoms with E-state index >= 15 is 0 Å². The lowest BCUT2D eigenvalue weighted by Crippen LogP contribution is -2.40. The number of ether oxygens (including phenoxy) is 2. The van der Waals surface area contributed by atoms with Gasteiger partial charge in [0.2, 0.25) is 0 Å². The monoisotopic (exact) mass is 545 g/mol. The highest BCUT2D eigenvalue weighted by atomic mass is 32.1. The average Bonchev–Trinajstić information content (AvgIpc) is 3.52. The van der Waals surface area contributed by atoms with Crippen molar-refractivity contribution in [3.8, 4) is 5.75 Å². The van der Waals surface area contributed by atoms with Crippen molar-refractivity contribution in [2.75, 3.05) is 31.7 Å². The predicted octanol–water partition coefficient (Wildman–Crippen LogP) is 4.40. The van der Waals surface area contributed by atoms with Gasteiger partial charge in [0.1, 0.15) is 17.6 Å². The van der Waals surface area contributed by atoms with Crippen molar-refractivity contribution < 1.29 is 18.7 Å². The van der Waals surface area contributed by atoms with Gasteiger partial charge in [-0.3, -0.25) is 9.36 Å². The summed E-state index contributed by atoms with van der Waals surface area (Å²) in [5, 5.41) is 1.84. The molecule has 5 rings (SSSR count). The SMILES string of the molecule is CCOC(=O)C1=C(C)N=c2s/c(=C/c3ccc(N(CC)CC)o3)c(=O)n2[C@@H]1c1c(OC)ccc2ccccc12. The van der Waals surface area contributed by atoms with Gasteiger partial charge in [0.05, 0.1) is 29.5 Å². The second-order valence-electron chi connectivity index (χ2n) is 9.05. The molecule has 3 heterocycles. The highest BCUT2D eigenvalue weighted by molar-refractivity contribution is 7.07. The maximum atomic E-state index is 14.0. The van der Waals surface area contributed by atoms with Crippen molar-refractivity contribution in [2.24, 2.45) is 4.99 Å². The van der Waals surface area contributed by atoms with Crippen LogP contribution in [0.1, 0.15) is 45.1 Å². The van der Waals surface area contributed by atoms with Crippen LogP contribution in [-0.2, 0) is 9.53 Å². The Kier molecular flexibility index (Phi) is 7.43. The molecule has 0 N–H and O–H groups in total. The van der Waals surface area contributed by atoms with Crippen LogP contribution in [0.5, 0.6) is 5.75 Å². The van der Waals surface area contributed by atoms with E-state index in [9.17, 15) is 9.59 Å². The number of hydrogen-bond acceptors (Lipinski definition) is 8. The van der Waals surface area contributed by atoms with Gasteiger partial charge in [-0.15, -0.1) is 0 Å². The molecule has 9 heteroatoms. The molecule has 8 nitrogen and oxygen atoms in total. The third-order valence-corrected chi connectivity index (χ3v) is 7.89. The first kappa shape index (κ1) is 26.5. The molecule has 0 saturated heterocycles. The zero-order chi connectivity index (χ0) is 27.7. The van der Waals surface area contributed by atoms with E-state index in [2.05, 4.69) is 23.7 Å². The molecule has 2 aromatic heterocycles. The summed E-state index contributed by atoms with van der Waals surface area (Å²) in [4.78, 5) is 34.7. The number of allylic oxidation sites excluding steroid dienone is 1. The Bertz CT molecular complexity index is 1760. The molecular weight excluding hydrogens is 514 g/mol. The fourth-order valence-corrected chi connectivity index (χ4v) is 6.08. The van der Waals surface area contributed by atoms with Gasteiger partial charge in [-0.1, -0.05) is 41.7 Å². The number of benzene rings is 2. The van der Waals surface area contributed by atoms with Crippen molar-refractivity contribution in [1.82, 2.24) is 4.57 Å². The van der Waals surface area contributed by atoms with Crippen molar-refractivity contribution >= 4 is 40.0 Å². The lowest BCUT2D eigenvalue weighted by Gasteiger charge is -2.27. The molecule has 0 saturated carbocycles. The molecule has 0 unspecified atom stereocenters. The first-order valence-electron chi connectivity index (χ1n) is 13.0. The summed E-state index contributed by atoms with van der Waals surface area (Å²) in [6, 6.07) is 14.6. The molecule has 0 bridgehead atoms. The number of hydrogen-bond donors (Lipinski definition) is 0. The Hall–Kier alpha value is -4.11. The average molecular weight is 546 g/mol. The zero-order valence-corrected chi connectivity index (χ0v) is 23.5. The van der Waals surface area contributed by atoms with E-state index < -0.39 is 12.0 Å². The molecule has 0 aliphatic carbocycles. The highest BCUT2D eigenvalue weighted by Crippen LogP contribution is 2.40. The number of furan rings is 1. The Morgan fingerprint density at radius 2 is 1.90 bits per heavy atom. The minimum absolute atomic E-state index is 0.201. The van der Waals surface area contributed by atoms with Gasteiger partial charge in [0.25, 0.3) is 5.56 Å². The maximum Gasteiger partial charge on any atom is 0.338 e. The van der Waals surface area contributed by atoms with Crippen LogP contribution in [0.2, 0.25) is 0 Å². The normalized spacial score (nSPS) is 15.3. The van der Waals surface area contributed by atoms with Crippen molar-refractivity contribution in [1.29, 1.82) is 0 Å². The minimum atomic E-state index is -0.786. The summed E-state index contributed by atoms with van der Waals surface area (Å²) in [5.41, 5.74) is 1.26. The molecule has 1 aliphatic rings. The molecule has 0 amide bonds. The van der Waals surface area contributed by atoms with Gasteiger partial charge in [0.15, 0.2) is 10.7 Å². The molecule has 1 atom stereocenters. The largest absolute Gasteiger partial charge is 0.496 e. The van der Waals surface area contributed by atoms with Crippen molar-refractivity contribution in [3.05, 3.63) is 90.8 Å². The number of rotatable bonds is 8. The lowest BCUT2D eigenvalue weighted by molar-refractivity contribution is -0.139. The third-order valence-electron chi connectivity index (χ3n) is 6.90. The molecule has 4 aromatic rings. The molecule has 0 fully saturated rings. The Balaban J connectivity index is 1.77. The number of anilines is 1. The summed E-state index contributed by atoms with van der Waals surface area (Å²) in [6.45, 7) is 9.49. The quantitative estimate of drug-likeness (QED) is 0.305. The third kappa shape index (κ3) is 4.67.